The van der Waals surface area contributed by atoms with Crippen molar-refractivity contribution in [2.75, 3.05) is 18.6 Å². The average molecular weight is 567 g/mol. The maximum Gasteiger partial charge on any atom is 0.242 e. The molecule has 0 saturated carbocycles. The van der Waals surface area contributed by atoms with Crippen LogP contribution in [0.3, 0.4) is 0 Å². The van der Waals surface area contributed by atoms with E-state index in [1.807, 2.05) is 12.3 Å². The number of carbonyl (C=O) groups excluding carboxylic acids is 2. The summed E-state index contributed by atoms with van der Waals surface area (Å²) in [6.07, 6.45) is 34.8. The summed E-state index contributed by atoms with van der Waals surface area (Å²) >= 11 is 1.72. The number of hydrogen-bond acceptors (Lipinski definition) is 3. The fraction of sp³-hybridized carbons (Fsp3) is 0.882. The van der Waals surface area contributed by atoms with E-state index in [4.69, 9.17) is 0 Å². The monoisotopic (exact) mass is 566 g/mol. The van der Waals surface area contributed by atoms with Crippen LogP contribution in [0.2, 0.25) is 0 Å². The summed E-state index contributed by atoms with van der Waals surface area (Å²) in [5.74, 6) is 0.883. The van der Waals surface area contributed by atoms with Crippen LogP contribution in [-0.4, -0.2) is 36.4 Å². The van der Waals surface area contributed by atoms with E-state index in [1.54, 1.807) is 11.8 Å². The highest BCUT2D eigenvalue weighted by atomic mass is 32.2. The highest BCUT2D eigenvalue weighted by Crippen LogP contribution is 2.14. The van der Waals surface area contributed by atoms with Crippen molar-refractivity contribution in [3.05, 3.63) is 12.7 Å². The van der Waals surface area contributed by atoms with Gasteiger partial charge in [-0.1, -0.05) is 135 Å². The Labute approximate surface area is 248 Å². The molecule has 0 aromatic carbocycles. The van der Waals surface area contributed by atoms with Gasteiger partial charge in [0.15, 0.2) is 0 Å². The number of allylic oxidation sites excluding steroid dienone is 1. The van der Waals surface area contributed by atoms with Crippen LogP contribution in [0.5, 0.6) is 0 Å². The molecular formula is C34H66N2O2S. The van der Waals surface area contributed by atoms with Crippen LogP contribution in [0.25, 0.3) is 0 Å². The third kappa shape index (κ3) is 28.4. The summed E-state index contributed by atoms with van der Waals surface area (Å²) in [6.45, 7) is 6.76. The Bertz CT molecular complexity index is 555. The first kappa shape index (κ1) is 38.0. The number of hydrogen-bond donors (Lipinski definition) is 2. The van der Waals surface area contributed by atoms with Crippen LogP contribution in [0, 0.1) is 0 Å². The Balaban J connectivity index is 3.72. The molecule has 1 atom stereocenters. The molecule has 0 saturated heterocycles. The molecule has 2 N–H and O–H groups in total. The quantitative estimate of drug-likeness (QED) is 0.0648. The van der Waals surface area contributed by atoms with Crippen molar-refractivity contribution in [1.29, 1.82) is 0 Å². The highest BCUT2D eigenvalue weighted by Gasteiger charge is 2.19. The summed E-state index contributed by atoms with van der Waals surface area (Å²) in [5.41, 5.74) is 0. The molecule has 230 valence electrons. The molecule has 5 heteroatoms. The van der Waals surface area contributed by atoms with Gasteiger partial charge in [-0.15, -0.1) is 6.58 Å². The van der Waals surface area contributed by atoms with E-state index in [1.165, 1.54) is 122 Å². The van der Waals surface area contributed by atoms with Crippen LogP contribution in [0.4, 0.5) is 0 Å². The highest BCUT2D eigenvalue weighted by molar-refractivity contribution is 7.98. The van der Waals surface area contributed by atoms with Gasteiger partial charge in [-0.05, 0) is 44.1 Å². The molecule has 0 spiro atoms. The van der Waals surface area contributed by atoms with Crippen LogP contribution in [0.1, 0.15) is 167 Å². The minimum atomic E-state index is -0.398. The average Bonchev–Trinajstić information content (AvgIpc) is 2.94. The molecular weight excluding hydrogens is 500 g/mol. The standard InChI is InChI=1S/C34H66N2O2S/c1-4-6-8-10-12-14-15-16-17-18-19-20-21-23-25-27-30-35-34(38)32(29-31-39-3)36-33(37)28-26-24-22-13-11-9-7-5-2/h5,32H,2,4,6-31H2,1,3H3,(H,35,38)(H,36,37)/t32-/m1/s1. The molecule has 0 aromatic heterocycles. The molecule has 2 amide bonds. The van der Waals surface area contributed by atoms with Crippen LogP contribution in [-0.2, 0) is 9.59 Å². The van der Waals surface area contributed by atoms with Crippen molar-refractivity contribution in [3.63, 3.8) is 0 Å². The third-order valence-corrected chi connectivity index (χ3v) is 8.30. The van der Waals surface area contributed by atoms with E-state index in [0.717, 1.165) is 38.0 Å². The first-order valence-corrected chi connectivity index (χ1v) is 18.2. The molecule has 0 aromatic rings. The summed E-state index contributed by atoms with van der Waals surface area (Å²) in [6, 6.07) is -0.398. The summed E-state index contributed by atoms with van der Waals surface area (Å²) in [5, 5.41) is 6.08. The minimum Gasteiger partial charge on any atom is -0.354 e. The van der Waals surface area contributed by atoms with Gasteiger partial charge in [-0.2, -0.15) is 11.8 Å². The van der Waals surface area contributed by atoms with E-state index in [9.17, 15) is 9.59 Å². The molecule has 0 unspecified atom stereocenters. The normalized spacial score (nSPS) is 11.8. The first-order valence-electron chi connectivity index (χ1n) is 16.8. The number of thioether (sulfide) groups is 1. The third-order valence-electron chi connectivity index (χ3n) is 7.65. The molecule has 0 fully saturated rings. The largest absolute Gasteiger partial charge is 0.354 e. The molecule has 0 aliphatic rings. The molecule has 4 nitrogen and oxygen atoms in total. The lowest BCUT2D eigenvalue weighted by atomic mass is 10.0. The Morgan fingerprint density at radius 1 is 0.692 bits per heavy atom. The van der Waals surface area contributed by atoms with Crippen molar-refractivity contribution < 1.29 is 9.59 Å². The lowest BCUT2D eigenvalue weighted by Crippen LogP contribution is -2.47. The Morgan fingerprint density at radius 3 is 1.64 bits per heavy atom. The van der Waals surface area contributed by atoms with Gasteiger partial charge in [0.05, 0.1) is 0 Å². The number of nitrogens with one attached hydrogen (secondary N) is 2. The van der Waals surface area contributed by atoms with Crippen molar-refractivity contribution in [3.8, 4) is 0 Å². The van der Waals surface area contributed by atoms with Crippen LogP contribution < -0.4 is 10.6 Å². The van der Waals surface area contributed by atoms with Crippen molar-refractivity contribution in [2.45, 2.75) is 173 Å². The van der Waals surface area contributed by atoms with Gasteiger partial charge in [0, 0.05) is 13.0 Å². The summed E-state index contributed by atoms with van der Waals surface area (Å²) in [4.78, 5) is 25.1. The maximum atomic E-state index is 12.7. The summed E-state index contributed by atoms with van der Waals surface area (Å²) in [7, 11) is 0. The number of rotatable bonds is 31. The minimum absolute atomic E-state index is 0.0134. The SMILES string of the molecule is C=CCCCCCCCCC(=O)N[C@H](CCSC)C(=O)NCCCCCCCCCCCCCCCCCC. The molecule has 0 radical (unpaired) electrons. The van der Waals surface area contributed by atoms with E-state index < -0.39 is 6.04 Å². The van der Waals surface area contributed by atoms with Crippen molar-refractivity contribution in [1.82, 2.24) is 10.6 Å². The molecule has 0 rings (SSSR count). The van der Waals surface area contributed by atoms with Crippen molar-refractivity contribution in [2.24, 2.45) is 0 Å². The predicted molar refractivity (Wildman–Crippen MR) is 175 cm³/mol. The second-order valence-electron chi connectivity index (χ2n) is 11.4. The van der Waals surface area contributed by atoms with Gasteiger partial charge < -0.3 is 10.6 Å². The number of unbranched alkanes of at least 4 members (excludes halogenated alkanes) is 21. The van der Waals surface area contributed by atoms with E-state index in [2.05, 4.69) is 24.1 Å². The van der Waals surface area contributed by atoms with Gasteiger partial charge in [-0.3, -0.25) is 9.59 Å². The van der Waals surface area contributed by atoms with E-state index >= 15 is 0 Å². The molecule has 39 heavy (non-hydrogen) atoms. The van der Waals surface area contributed by atoms with Gasteiger partial charge in [0.25, 0.3) is 0 Å². The van der Waals surface area contributed by atoms with Gasteiger partial charge >= 0.3 is 0 Å². The van der Waals surface area contributed by atoms with Crippen LogP contribution in [0.15, 0.2) is 12.7 Å². The first-order chi connectivity index (χ1) is 19.2. The molecule has 0 aliphatic heterocycles. The zero-order valence-electron chi connectivity index (χ0n) is 26.2. The second-order valence-corrected chi connectivity index (χ2v) is 12.4. The maximum absolute atomic E-state index is 12.7. The second kappa shape index (κ2) is 31.6. The number of amides is 2. The lowest BCUT2D eigenvalue weighted by molar-refractivity contribution is -0.129. The fourth-order valence-electron chi connectivity index (χ4n) is 5.06. The Hall–Kier alpha value is -0.970. The zero-order valence-corrected chi connectivity index (χ0v) is 27.0. The van der Waals surface area contributed by atoms with Gasteiger partial charge in [0.1, 0.15) is 6.04 Å². The smallest absolute Gasteiger partial charge is 0.242 e. The lowest BCUT2D eigenvalue weighted by Gasteiger charge is -2.18. The summed E-state index contributed by atoms with van der Waals surface area (Å²) < 4.78 is 0. The molecule has 0 aliphatic carbocycles. The van der Waals surface area contributed by atoms with E-state index in [0.29, 0.717) is 12.8 Å². The van der Waals surface area contributed by atoms with E-state index in [-0.39, 0.29) is 11.8 Å². The fourth-order valence-corrected chi connectivity index (χ4v) is 5.53. The number of carbonyl (C=O) groups is 2. The Kier molecular flexibility index (Phi) is 30.8. The Morgan fingerprint density at radius 2 is 1.15 bits per heavy atom. The van der Waals surface area contributed by atoms with Gasteiger partial charge in [0.2, 0.25) is 11.8 Å². The van der Waals surface area contributed by atoms with Crippen molar-refractivity contribution >= 4 is 23.6 Å². The van der Waals surface area contributed by atoms with Gasteiger partial charge in [-0.25, -0.2) is 0 Å². The molecule has 0 bridgehead atoms. The topological polar surface area (TPSA) is 58.2 Å². The van der Waals surface area contributed by atoms with Crippen LogP contribution >= 0.6 is 11.8 Å². The zero-order chi connectivity index (χ0) is 28.7. The predicted octanol–water partition coefficient (Wildman–Crippen LogP) is 9.91. The molecule has 0 heterocycles.